The molecule has 0 spiro atoms. The predicted molar refractivity (Wildman–Crippen MR) is 60.1 cm³/mol. The van der Waals surface area contributed by atoms with Gasteiger partial charge in [-0.15, -0.1) is 11.8 Å². The van der Waals surface area contributed by atoms with Gasteiger partial charge in [0.1, 0.15) is 0 Å². The van der Waals surface area contributed by atoms with E-state index in [9.17, 15) is 13.6 Å². The van der Waals surface area contributed by atoms with Crippen LogP contribution in [0.1, 0.15) is 10.6 Å². The smallest absolute Gasteiger partial charge is 0.208 e. The van der Waals surface area contributed by atoms with E-state index in [1.165, 1.54) is 12.3 Å². The van der Waals surface area contributed by atoms with Crippen LogP contribution in [0, 0.1) is 11.6 Å². The average molecular weight is 254 g/mol. The Balaban J connectivity index is 1.98. The first-order valence-electron chi connectivity index (χ1n) is 4.81. The summed E-state index contributed by atoms with van der Waals surface area (Å²) < 4.78 is 30.5. The fourth-order valence-electron chi connectivity index (χ4n) is 1.22. The second kappa shape index (κ2) is 5.14. The Hall–Kier alpha value is -1.62. The first-order valence-corrected chi connectivity index (χ1v) is 5.80. The summed E-state index contributed by atoms with van der Waals surface area (Å²) in [5.74, 6) is -1.62. The number of furan rings is 1. The lowest BCUT2D eigenvalue weighted by Crippen LogP contribution is -2.00. The van der Waals surface area contributed by atoms with E-state index >= 15 is 0 Å². The third kappa shape index (κ3) is 2.94. The number of carbonyl (C=O) groups is 1. The predicted octanol–water partition coefficient (Wildman–Crippen LogP) is 3.53. The second-order valence-electron chi connectivity index (χ2n) is 3.27. The van der Waals surface area contributed by atoms with E-state index in [0.29, 0.717) is 4.90 Å². The van der Waals surface area contributed by atoms with Crippen LogP contribution in [-0.2, 0) is 0 Å². The summed E-state index contributed by atoms with van der Waals surface area (Å²) in [4.78, 5) is 12.1. The zero-order valence-corrected chi connectivity index (χ0v) is 9.47. The molecule has 2 nitrogen and oxygen atoms in total. The minimum atomic E-state index is -0.916. The molecule has 0 aliphatic carbocycles. The van der Waals surface area contributed by atoms with E-state index in [1.54, 1.807) is 12.1 Å². The van der Waals surface area contributed by atoms with Gasteiger partial charge in [0.25, 0.3) is 0 Å². The summed E-state index contributed by atoms with van der Waals surface area (Å²) in [6.45, 7) is 0. The molecule has 0 amide bonds. The van der Waals surface area contributed by atoms with E-state index in [1.807, 2.05) is 0 Å². The molecule has 0 fully saturated rings. The molecular weight excluding hydrogens is 246 g/mol. The van der Waals surface area contributed by atoms with Gasteiger partial charge < -0.3 is 4.42 Å². The molecule has 0 unspecified atom stereocenters. The zero-order chi connectivity index (χ0) is 12.3. The molecule has 1 aromatic heterocycles. The van der Waals surface area contributed by atoms with E-state index in [0.717, 1.165) is 23.9 Å². The van der Waals surface area contributed by atoms with Gasteiger partial charge in [0.05, 0.1) is 12.0 Å². The number of hydrogen-bond donors (Lipinski definition) is 0. The van der Waals surface area contributed by atoms with Crippen LogP contribution < -0.4 is 0 Å². The van der Waals surface area contributed by atoms with E-state index < -0.39 is 11.6 Å². The van der Waals surface area contributed by atoms with Gasteiger partial charge in [-0.1, -0.05) is 0 Å². The Morgan fingerprint density at radius 1 is 1.24 bits per heavy atom. The molecule has 5 heteroatoms. The van der Waals surface area contributed by atoms with Gasteiger partial charge >= 0.3 is 0 Å². The molecule has 2 aromatic rings. The minimum Gasteiger partial charge on any atom is -0.461 e. The Labute approximate surface area is 101 Å². The Morgan fingerprint density at radius 3 is 2.71 bits per heavy atom. The summed E-state index contributed by atoms with van der Waals surface area (Å²) in [5.41, 5.74) is 0. The van der Waals surface area contributed by atoms with Gasteiger partial charge in [0.2, 0.25) is 5.78 Å². The van der Waals surface area contributed by atoms with Crippen molar-refractivity contribution in [2.45, 2.75) is 4.90 Å². The van der Waals surface area contributed by atoms with Gasteiger partial charge in [-0.3, -0.25) is 4.79 Å². The molecule has 0 N–H and O–H groups in total. The van der Waals surface area contributed by atoms with Crippen molar-refractivity contribution in [2.75, 3.05) is 5.75 Å². The maximum Gasteiger partial charge on any atom is 0.208 e. The van der Waals surface area contributed by atoms with Crippen LogP contribution in [0.15, 0.2) is 45.9 Å². The topological polar surface area (TPSA) is 30.2 Å². The molecular formula is C12H8F2O2S. The molecule has 0 saturated heterocycles. The highest BCUT2D eigenvalue weighted by atomic mass is 32.2. The van der Waals surface area contributed by atoms with Crippen molar-refractivity contribution in [2.24, 2.45) is 0 Å². The van der Waals surface area contributed by atoms with Crippen LogP contribution in [0.2, 0.25) is 0 Å². The number of carbonyl (C=O) groups excluding carboxylic acids is 1. The number of Topliss-reactive ketones (excluding diaryl/α,β-unsaturated/α-hetero) is 1. The summed E-state index contributed by atoms with van der Waals surface area (Å²) >= 11 is 1.13. The molecule has 0 aliphatic heterocycles. The van der Waals surface area contributed by atoms with Crippen LogP contribution in [0.4, 0.5) is 8.78 Å². The maximum atomic E-state index is 12.9. The summed E-state index contributed by atoms with van der Waals surface area (Å²) in [6, 6.07) is 6.71. The van der Waals surface area contributed by atoms with Crippen molar-refractivity contribution >= 4 is 17.5 Å². The van der Waals surface area contributed by atoms with Crippen LogP contribution in [0.25, 0.3) is 0 Å². The molecule has 1 aromatic carbocycles. The summed E-state index contributed by atoms with van der Waals surface area (Å²) in [5, 5.41) is 0. The van der Waals surface area contributed by atoms with Crippen LogP contribution in [-0.4, -0.2) is 11.5 Å². The highest BCUT2D eigenvalue weighted by Gasteiger charge is 2.10. The van der Waals surface area contributed by atoms with Crippen molar-refractivity contribution < 1.29 is 18.0 Å². The number of benzene rings is 1. The Morgan fingerprint density at radius 2 is 2.06 bits per heavy atom. The normalized spacial score (nSPS) is 10.5. The molecule has 17 heavy (non-hydrogen) atoms. The number of hydrogen-bond acceptors (Lipinski definition) is 3. The molecule has 0 atom stereocenters. The monoisotopic (exact) mass is 254 g/mol. The standard InChI is InChI=1S/C12H8F2O2S/c13-9-4-3-8(6-10(9)14)17-7-11(15)12-2-1-5-16-12/h1-6H,7H2. The molecule has 2 rings (SSSR count). The highest BCUT2D eigenvalue weighted by Crippen LogP contribution is 2.21. The molecule has 88 valence electrons. The van der Waals surface area contributed by atoms with Crippen LogP contribution in [0.3, 0.4) is 0 Å². The average Bonchev–Trinajstić information content (AvgIpc) is 2.84. The van der Waals surface area contributed by atoms with Gasteiger partial charge in [0.15, 0.2) is 17.4 Å². The third-order valence-corrected chi connectivity index (χ3v) is 3.05. The number of ketones is 1. The zero-order valence-electron chi connectivity index (χ0n) is 8.65. The number of rotatable bonds is 4. The Bertz CT molecular complexity index is 523. The van der Waals surface area contributed by atoms with E-state index in [4.69, 9.17) is 4.42 Å². The molecule has 0 aliphatic rings. The first-order chi connectivity index (χ1) is 8.16. The fourth-order valence-corrected chi connectivity index (χ4v) is 2.01. The quantitative estimate of drug-likeness (QED) is 0.617. The van der Waals surface area contributed by atoms with Crippen molar-refractivity contribution in [1.82, 2.24) is 0 Å². The second-order valence-corrected chi connectivity index (χ2v) is 4.31. The molecule has 0 radical (unpaired) electrons. The van der Waals surface area contributed by atoms with Crippen molar-refractivity contribution in [1.29, 1.82) is 0 Å². The summed E-state index contributed by atoms with van der Waals surface area (Å²) in [6.07, 6.45) is 1.41. The fraction of sp³-hybridized carbons (Fsp3) is 0.0833. The molecule has 0 bridgehead atoms. The van der Waals surface area contributed by atoms with Crippen molar-refractivity contribution in [3.63, 3.8) is 0 Å². The largest absolute Gasteiger partial charge is 0.461 e. The summed E-state index contributed by atoms with van der Waals surface area (Å²) in [7, 11) is 0. The van der Waals surface area contributed by atoms with E-state index in [2.05, 4.69) is 0 Å². The van der Waals surface area contributed by atoms with Gasteiger partial charge in [0, 0.05) is 4.90 Å². The molecule has 0 saturated carbocycles. The maximum absolute atomic E-state index is 12.9. The van der Waals surface area contributed by atoms with Crippen molar-refractivity contribution in [3.8, 4) is 0 Å². The lowest BCUT2D eigenvalue weighted by Gasteiger charge is -2.00. The number of thioether (sulfide) groups is 1. The van der Waals surface area contributed by atoms with Gasteiger partial charge in [-0.2, -0.15) is 0 Å². The van der Waals surface area contributed by atoms with Crippen LogP contribution in [0.5, 0.6) is 0 Å². The Kier molecular flexibility index (Phi) is 3.58. The van der Waals surface area contributed by atoms with Crippen molar-refractivity contribution in [3.05, 3.63) is 54.0 Å². The lowest BCUT2D eigenvalue weighted by atomic mass is 10.3. The molecule has 1 heterocycles. The van der Waals surface area contributed by atoms with E-state index in [-0.39, 0.29) is 17.3 Å². The number of halogens is 2. The minimum absolute atomic E-state index is 0.124. The van der Waals surface area contributed by atoms with Gasteiger partial charge in [-0.25, -0.2) is 8.78 Å². The van der Waals surface area contributed by atoms with Crippen LogP contribution >= 0.6 is 11.8 Å². The first kappa shape index (κ1) is 11.9. The highest BCUT2D eigenvalue weighted by molar-refractivity contribution is 8.00. The SMILES string of the molecule is O=C(CSc1ccc(F)c(F)c1)c1ccco1. The lowest BCUT2D eigenvalue weighted by molar-refractivity contribution is 0.0992. The van der Waals surface area contributed by atoms with Gasteiger partial charge in [-0.05, 0) is 30.3 Å². The third-order valence-electron chi connectivity index (χ3n) is 2.06.